The molecule has 0 aliphatic heterocycles. The molecule has 0 unspecified atom stereocenters. The first-order valence-electron chi connectivity index (χ1n) is 7.48. The van der Waals surface area contributed by atoms with Crippen molar-refractivity contribution in [3.05, 3.63) is 58.4 Å². The third-order valence-corrected chi connectivity index (χ3v) is 4.30. The van der Waals surface area contributed by atoms with Gasteiger partial charge in [0.05, 0.1) is 12.2 Å². The van der Waals surface area contributed by atoms with Gasteiger partial charge < -0.3 is 4.74 Å². The lowest BCUT2D eigenvalue weighted by molar-refractivity contribution is 0.0525. The van der Waals surface area contributed by atoms with Crippen molar-refractivity contribution in [2.24, 2.45) is 0 Å². The van der Waals surface area contributed by atoms with Crippen molar-refractivity contribution < 1.29 is 13.9 Å². The Kier molecular flexibility index (Phi) is 4.31. The molecule has 3 rings (SSSR count). The molecule has 1 aliphatic carbocycles. The first-order valence-corrected chi connectivity index (χ1v) is 7.85. The van der Waals surface area contributed by atoms with Crippen molar-refractivity contribution in [3.63, 3.8) is 0 Å². The zero-order valence-electron chi connectivity index (χ0n) is 12.7. The highest BCUT2D eigenvalue weighted by atomic mass is 35.5. The standard InChI is InChI=1S/C17H16ClFN2O2/c1-2-23-16(22)11-9-20-15(21-10-11)8-17(5-6-17)13-4-3-12(18)7-14(13)19/h3-4,7,9-10H,2,5-6,8H2,1H3. The predicted molar refractivity (Wildman–Crippen MR) is 84.0 cm³/mol. The summed E-state index contributed by atoms with van der Waals surface area (Å²) in [7, 11) is 0. The van der Waals surface area contributed by atoms with Gasteiger partial charge in [0.15, 0.2) is 0 Å². The molecular weight excluding hydrogens is 319 g/mol. The molecule has 0 saturated heterocycles. The van der Waals surface area contributed by atoms with Crippen molar-refractivity contribution in [3.8, 4) is 0 Å². The highest BCUT2D eigenvalue weighted by molar-refractivity contribution is 6.30. The average molecular weight is 335 g/mol. The highest BCUT2D eigenvalue weighted by Gasteiger charge is 2.46. The van der Waals surface area contributed by atoms with Crippen LogP contribution in [-0.4, -0.2) is 22.5 Å². The molecule has 1 fully saturated rings. The number of carbonyl (C=O) groups is 1. The van der Waals surface area contributed by atoms with Crippen LogP contribution in [0.5, 0.6) is 0 Å². The number of nitrogens with zero attached hydrogens (tertiary/aromatic N) is 2. The van der Waals surface area contributed by atoms with Gasteiger partial charge in [0.25, 0.3) is 0 Å². The SMILES string of the molecule is CCOC(=O)c1cnc(CC2(c3ccc(Cl)cc3F)CC2)nc1. The molecule has 0 atom stereocenters. The summed E-state index contributed by atoms with van der Waals surface area (Å²) in [5.74, 6) is -0.146. The van der Waals surface area contributed by atoms with Gasteiger partial charge in [-0.3, -0.25) is 0 Å². The monoisotopic (exact) mass is 334 g/mol. The van der Waals surface area contributed by atoms with Crippen LogP contribution in [0, 0.1) is 5.82 Å². The van der Waals surface area contributed by atoms with Crippen LogP contribution >= 0.6 is 11.6 Å². The first-order chi connectivity index (χ1) is 11.0. The van der Waals surface area contributed by atoms with Crippen LogP contribution < -0.4 is 0 Å². The van der Waals surface area contributed by atoms with Gasteiger partial charge in [0.1, 0.15) is 11.6 Å². The van der Waals surface area contributed by atoms with E-state index in [0.717, 1.165) is 12.8 Å². The summed E-state index contributed by atoms with van der Waals surface area (Å²) in [4.78, 5) is 20.0. The van der Waals surface area contributed by atoms with Gasteiger partial charge >= 0.3 is 5.97 Å². The van der Waals surface area contributed by atoms with Crippen LogP contribution in [-0.2, 0) is 16.6 Å². The molecule has 1 aromatic carbocycles. The molecule has 4 nitrogen and oxygen atoms in total. The van der Waals surface area contributed by atoms with E-state index >= 15 is 0 Å². The molecule has 1 aliphatic rings. The number of aromatic nitrogens is 2. The van der Waals surface area contributed by atoms with Crippen molar-refractivity contribution >= 4 is 17.6 Å². The number of ether oxygens (including phenoxy) is 1. The summed E-state index contributed by atoms with van der Waals surface area (Å²) in [6.07, 6.45) is 5.21. The van der Waals surface area contributed by atoms with Gasteiger partial charge in [-0.05, 0) is 37.5 Å². The minimum Gasteiger partial charge on any atom is -0.462 e. The second-order valence-electron chi connectivity index (χ2n) is 5.69. The molecule has 0 spiro atoms. The molecule has 0 N–H and O–H groups in total. The Balaban J connectivity index is 1.77. The molecule has 0 amide bonds. The maximum Gasteiger partial charge on any atom is 0.341 e. The van der Waals surface area contributed by atoms with Crippen LogP contribution in [0.15, 0.2) is 30.6 Å². The van der Waals surface area contributed by atoms with Crippen LogP contribution in [0.2, 0.25) is 5.02 Å². The molecule has 6 heteroatoms. The molecule has 0 radical (unpaired) electrons. The lowest BCUT2D eigenvalue weighted by atomic mass is 9.91. The topological polar surface area (TPSA) is 52.1 Å². The van der Waals surface area contributed by atoms with Gasteiger partial charge in [-0.25, -0.2) is 19.2 Å². The average Bonchev–Trinajstić information content (AvgIpc) is 3.28. The van der Waals surface area contributed by atoms with Crippen molar-refractivity contribution in [1.29, 1.82) is 0 Å². The normalized spacial score (nSPS) is 15.3. The number of esters is 1. The second-order valence-corrected chi connectivity index (χ2v) is 6.13. The molecule has 1 heterocycles. The number of benzene rings is 1. The lowest BCUT2D eigenvalue weighted by Crippen LogP contribution is -2.15. The lowest BCUT2D eigenvalue weighted by Gasteiger charge is -2.16. The van der Waals surface area contributed by atoms with E-state index < -0.39 is 5.97 Å². The molecule has 1 saturated carbocycles. The Hall–Kier alpha value is -2.01. The van der Waals surface area contributed by atoms with E-state index in [0.29, 0.717) is 35.0 Å². The Morgan fingerprint density at radius 2 is 2.04 bits per heavy atom. The third kappa shape index (κ3) is 3.34. The summed E-state index contributed by atoms with van der Waals surface area (Å²) in [6, 6.07) is 4.77. The molecule has 2 aromatic rings. The number of hydrogen-bond acceptors (Lipinski definition) is 4. The van der Waals surface area contributed by atoms with Crippen LogP contribution in [0.25, 0.3) is 0 Å². The smallest absolute Gasteiger partial charge is 0.341 e. The Morgan fingerprint density at radius 3 is 2.61 bits per heavy atom. The third-order valence-electron chi connectivity index (χ3n) is 4.07. The van der Waals surface area contributed by atoms with E-state index in [1.165, 1.54) is 18.5 Å². The zero-order chi connectivity index (χ0) is 16.4. The van der Waals surface area contributed by atoms with E-state index in [1.54, 1.807) is 19.1 Å². The summed E-state index contributed by atoms with van der Waals surface area (Å²) < 4.78 is 19.1. The van der Waals surface area contributed by atoms with Gasteiger partial charge in [0, 0.05) is 29.3 Å². The summed E-state index contributed by atoms with van der Waals surface area (Å²) in [6.45, 7) is 2.05. The highest BCUT2D eigenvalue weighted by Crippen LogP contribution is 2.51. The summed E-state index contributed by atoms with van der Waals surface area (Å²) in [5.41, 5.74) is 0.707. The van der Waals surface area contributed by atoms with Gasteiger partial charge in [0.2, 0.25) is 0 Å². The van der Waals surface area contributed by atoms with E-state index in [-0.39, 0.29) is 11.2 Å². The summed E-state index contributed by atoms with van der Waals surface area (Å²) >= 11 is 5.81. The van der Waals surface area contributed by atoms with Gasteiger partial charge in [-0.1, -0.05) is 17.7 Å². The predicted octanol–water partition coefficient (Wildman–Crippen LogP) is 3.72. The fourth-order valence-electron chi connectivity index (χ4n) is 2.68. The van der Waals surface area contributed by atoms with Crippen LogP contribution in [0.1, 0.15) is 41.5 Å². The quantitative estimate of drug-likeness (QED) is 0.782. The van der Waals surface area contributed by atoms with Crippen LogP contribution in [0.4, 0.5) is 4.39 Å². The second kappa shape index (κ2) is 6.24. The van der Waals surface area contributed by atoms with Crippen LogP contribution in [0.3, 0.4) is 0 Å². The van der Waals surface area contributed by atoms with Crippen molar-refractivity contribution in [2.75, 3.05) is 6.61 Å². The van der Waals surface area contributed by atoms with E-state index in [9.17, 15) is 9.18 Å². The maximum absolute atomic E-state index is 14.2. The van der Waals surface area contributed by atoms with Gasteiger partial charge in [-0.2, -0.15) is 0 Å². The molecule has 0 bridgehead atoms. The summed E-state index contributed by atoms with van der Waals surface area (Å²) in [5, 5.41) is 0.386. The zero-order valence-corrected chi connectivity index (χ0v) is 13.4. The minimum absolute atomic E-state index is 0.264. The Bertz CT molecular complexity index is 730. The fourth-order valence-corrected chi connectivity index (χ4v) is 2.84. The number of hydrogen-bond donors (Lipinski definition) is 0. The van der Waals surface area contributed by atoms with E-state index in [4.69, 9.17) is 16.3 Å². The van der Waals surface area contributed by atoms with E-state index in [1.807, 2.05) is 0 Å². The number of rotatable bonds is 5. The van der Waals surface area contributed by atoms with Crippen molar-refractivity contribution in [1.82, 2.24) is 9.97 Å². The molecule has 1 aromatic heterocycles. The van der Waals surface area contributed by atoms with E-state index in [2.05, 4.69) is 9.97 Å². The minimum atomic E-state index is -0.441. The van der Waals surface area contributed by atoms with Crippen molar-refractivity contribution in [2.45, 2.75) is 31.6 Å². The maximum atomic E-state index is 14.2. The largest absolute Gasteiger partial charge is 0.462 e. The number of carbonyl (C=O) groups excluding carboxylic acids is 1. The molecule has 23 heavy (non-hydrogen) atoms. The molecular formula is C17H16ClFN2O2. The first kappa shape index (κ1) is 15.9. The fraction of sp³-hybridized carbons (Fsp3) is 0.353. The van der Waals surface area contributed by atoms with Gasteiger partial charge in [-0.15, -0.1) is 0 Å². The Labute approximate surface area is 138 Å². The number of halogens is 2. The molecule has 120 valence electrons. The Morgan fingerprint density at radius 1 is 1.35 bits per heavy atom.